The van der Waals surface area contributed by atoms with Gasteiger partial charge >= 0.3 is 6.09 Å². The molecular weight excluding hydrogens is 358 g/mol. The fraction of sp³-hybridized carbons (Fsp3) is 0.647. The maximum absolute atomic E-state index is 12.2. The van der Waals surface area contributed by atoms with Crippen molar-refractivity contribution >= 4 is 22.0 Å². The highest BCUT2D eigenvalue weighted by Gasteiger charge is 2.31. The summed E-state index contributed by atoms with van der Waals surface area (Å²) in [6.07, 6.45) is 1.64. The normalized spacial score (nSPS) is 22.0. The second kappa shape index (κ2) is 7.62. The largest absolute Gasteiger partial charge is 0.444 e. The average molecular weight is 384 g/mol. The predicted octanol–water partition coefficient (Wildman–Crippen LogP) is 3.72. The minimum Gasteiger partial charge on any atom is -0.444 e. The Morgan fingerprint density at radius 2 is 2.22 bits per heavy atom. The molecule has 1 aromatic heterocycles. The molecule has 5 nitrogen and oxygen atoms in total. The summed E-state index contributed by atoms with van der Waals surface area (Å²) >= 11 is 3.39. The molecule has 0 aromatic carbocycles. The van der Waals surface area contributed by atoms with Crippen LogP contribution in [0.15, 0.2) is 22.8 Å². The molecule has 23 heavy (non-hydrogen) atoms. The molecule has 2 heterocycles. The van der Waals surface area contributed by atoms with Crippen LogP contribution in [0.2, 0.25) is 0 Å². The molecule has 0 spiro atoms. The zero-order chi connectivity index (χ0) is 17.0. The van der Waals surface area contributed by atoms with E-state index in [9.17, 15) is 4.79 Å². The van der Waals surface area contributed by atoms with Crippen LogP contribution in [0.25, 0.3) is 0 Å². The van der Waals surface area contributed by atoms with Crippen molar-refractivity contribution in [1.82, 2.24) is 15.2 Å². The number of piperidine rings is 1. The van der Waals surface area contributed by atoms with Crippen molar-refractivity contribution in [3.05, 3.63) is 28.5 Å². The molecule has 1 N–H and O–H groups in total. The Morgan fingerprint density at radius 1 is 1.48 bits per heavy atom. The number of carbonyl (C=O) groups excluding carboxylic acids is 1. The lowest BCUT2D eigenvalue weighted by atomic mass is 9.98. The van der Waals surface area contributed by atoms with Gasteiger partial charge in [-0.3, -0.25) is 0 Å². The number of carbonyl (C=O) groups is 1. The molecule has 0 saturated carbocycles. The van der Waals surface area contributed by atoms with Gasteiger partial charge in [-0.15, -0.1) is 0 Å². The molecule has 2 unspecified atom stereocenters. The summed E-state index contributed by atoms with van der Waals surface area (Å²) in [5.41, 5.74) is 0.569. The minimum atomic E-state index is -0.446. The second-order valence-corrected chi connectivity index (χ2v) is 7.89. The van der Waals surface area contributed by atoms with Crippen molar-refractivity contribution in [1.29, 1.82) is 0 Å². The lowest BCUT2D eigenvalue weighted by Gasteiger charge is -2.38. The van der Waals surface area contributed by atoms with E-state index in [0.29, 0.717) is 6.04 Å². The molecule has 2 atom stereocenters. The standard InChI is InChI=1S/C17H26BrN3O2/c1-12-10-13(19-11-14-6-5-7-15(18)20-14)8-9-21(12)16(22)23-17(2,3)4/h5-7,12-13,19H,8-11H2,1-4H3. The molecule has 6 heteroatoms. The van der Waals surface area contributed by atoms with E-state index >= 15 is 0 Å². The molecule has 1 aliphatic rings. The minimum absolute atomic E-state index is 0.173. The number of nitrogens with one attached hydrogen (secondary N) is 1. The lowest BCUT2D eigenvalue weighted by molar-refractivity contribution is 0.00931. The van der Waals surface area contributed by atoms with Gasteiger partial charge in [-0.1, -0.05) is 6.07 Å². The van der Waals surface area contributed by atoms with Crippen LogP contribution in [0, 0.1) is 0 Å². The van der Waals surface area contributed by atoms with Crippen molar-refractivity contribution in [3.8, 4) is 0 Å². The smallest absolute Gasteiger partial charge is 0.410 e. The number of halogens is 1. The first kappa shape index (κ1) is 18.2. The van der Waals surface area contributed by atoms with Crippen molar-refractivity contribution in [2.75, 3.05) is 6.54 Å². The summed E-state index contributed by atoms with van der Waals surface area (Å²) in [7, 11) is 0. The second-order valence-electron chi connectivity index (χ2n) is 7.08. The maximum Gasteiger partial charge on any atom is 0.410 e. The maximum atomic E-state index is 12.2. The van der Waals surface area contributed by atoms with Gasteiger partial charge in [0.2, 0.25) is 0 Å². The highest BCUT2D eigenvalue weighted by molar-refractivity contribution is 9.10. The van der Waals surface area contributed by atoms with Crippen LogP contribution in [-0.2, 0) is 11.3 Å². The third-order valence-corrected chi connectivity index (χ3v) is 4.29. The summed E-state index contributed by atoms with van der Waals surface area (Å²) in [6, 6.07) is 6.49. The van der Waals surface area contributed by atoms with Gasteiger partial charge < -0.3 is 15.0 Å². The molecule has 2 rings (SSSR count). The number of hydrogen-bond acceptors (Lipinski definition) is 4. The summed E-state index contributed by atoms with van der Waals surface area (Å²) in [6.45, 7) is 9.23. The van der Waals surface area contributed by atoms with Gasteiger partial charge in [-0.25, -0.2) is 9.78 Å². The van der Waals surface area contributed by atoms with E-state index in [1.807, 2.05) is 43.9 Å². The van der Waals surface area contributed by atoms with Gasteiger partial charge in [-0.05, 0) is 68.6 Å². The SMILES string of the molecule is CC1CC(NCc2cccc(Br)n2)CCN1C(=O)OC(C)(C)C. The Labute approximate surface area is 146 Å². The van der Waals surface area contributed by atoms with E-state index in [1.54, 1.807) is 0 Å². The van der Waals surface area contributed by atoms with Gasteiger partial charge in [0, 0.05) is 25.2 Å². The Bertz CT molecular complexity index is 545. The summed E-state index contributed by atoms with van der Waals surface area (Å²) in [5.74, 6) is 0. The van der Waals surface area contributed by atoms with Gasteiger partial charge in [0.25, 0.3) is 0 Å². The van der Waals surface area contributed by atoms with Crippen molar-refractivity contribution < 1.29 is 9.53 Å². The van der Waals surface area contributed by atoms with E-state index in [2.05, 4.69) is 33.2 Å². The highest BCUT2D eigenvalue weighted by Crippen LogP contribution is 2.21. The van der Waals surface area contributed by atoms with Gasteiger partial charge in [-0.2, -0.15) is 0 Å². The molecule has 1 saturated heterocycles. The zero-order valence-electron chi connectivity index (χ0n) is 14.3. The molecule has 0 bridgehead atoms. The summed E-state index contributed by atoms with van der Waals surface area (Å²) < 4.78 is 6.33. The number of hydrogen-bond donors (Lipinski definition) is 1. The van der Waals surface area contributed by atoms with Crippen LogP contribution in [0.4, 0.5) is 4.79 Å². The van der Waals surface area contributed by atoms with Crippen molar-refractivity contribution in [3.63, 3.8) is 0 Å². The number of rotatable bonds is 3. The molecule has 1 amide bonds. The summed E-state index contributed by atoms with van der Waals surface area (Å²) in [4.78, 5) is 18.5. The van der Waals surface area contributed by atoms with Crippen molar-refractivity contribution in [2.24, 2.45) is 0 Å². The fourth-order valence-electron chi connectivity index (χ4n) is 2.75. The molecule has 1 fully saturated rings. The first-order chi connectivity index (χ1) is 10.7. The molecule has 128 valence electrons. The number of pyridine rings is 1. The van der Waals surface area contributed by atoms with E-state index in [0.717, 1.165) is 36.2 Å². The Hall–Kier alpha value is -1.14. The number of ether oxygens (including phenoxy) is 1. The quantitative estimate of drug-likeness (QED) is 0.807. The molecular formula is C17H26BrN3O2. The number of amides is 1. The molecule has 1 aromatic rings. The van der Waals surface area contributed by atoms with Crippen LogP contribution < -0.4 is 5.32 Å². The van der Waals surface area contributed by atoms with Crippen LogP contribution in [0.1, 0.15) is 46.2 Å². The van der Waals surface area contributed by atoms with Crippen molar-refractivity contribution in [2.45, 2.75) is 64.8 Å². The number of nitrogens with zero attached hydrogens (tertiary/aromatic N) is 2. The number of aromatic nitrogens is 1. The third-order valence-electron chi connectivity index (χ3n) is 3.85. The Balaban J connectivity index is 1.83. The first-order valence-electron chi connectivity index (χ1n) is 8.09. The van der Waals surface area contributed by atoms with Crippen LogP contribution in [-0.4, -0.2) is 40.2 Å². The fourth-order valence-corrected chi connectivity index (χ4v) is 3.13. The van der Waals surface area contributed by atoms with E-state index in [-0.39, 0.29) is 12.1 Å². The Morgan fingerprint density at radius 3 is 2.83 bits per heavy atom. The highest BCUT2D eigenvalue weighted by atomic mass is 79.9. The van der Waals surface area contributed by atoms with E-state index in [1.165, 1.54) is 0 Å². The average Bonchev–Trinajstić information content (AvgIpc) is 2.43. The van der Waals surface area contributed by atoms with Gasteiger partial charge in [0.05, 0.1) is 5.69 Å². The van der Waals surface area contributed by atoms with Gasteiger partial charge in [0.1, 0.15) is 10.2 Å². The lowest BCUT2D eigenvalue weighted by Crippen LogP contribution is -2.50. The van der Waals surface area contributed by atoms with E-state index in [4.69, 9.17) is 4.74 Å². The molecule has 0 radical (unpaired) electrons. The summed E-state index contributed by atoms with van der Waals surface area (Å²) in [5, 5.41) is 3.54. The number of likely N-dealkylation sites (tertiary alicyclic amines) is 1. The predicted molar refractivity (Wildman–Crippen MR) is 94.2 cm³/mol. The zero-order valence-corrected chi connectivity index (χ0v) is 15.9. The van der Waals surface area contributed by atoms with E-state index < -0.39 is 5.60 Å². The monoisotopic (exact) mass is 383 g/mol. The van der Waals surface area contributed by atoms with Crippen LogP contribution >= 0.6 is 15.9 Å². The molecule has 0 aliphatic carbocycles. The van der Waals surface area contributed by atoms with Crippen LogP contribution in [0.5, 0.6) is 0 Å². The van der Waals surface area contributed by atoms with Gasteiger partial charge in [0.15, 0.2) is 0 Å². The van der Waals surface area contributed by atoms with Crippen LogP contribution in [0.3, 0.4) is 0 Å². The Kier molecular flexibility index (Phi) is 6.03. The third kappa shape index (κ3) is 5.77. The molecule has 1 aliphatic heterocycles. The first-order valence-corrected chi connectivity index (χ1v) is 8.88. The topological polar surface area (TPSA) is 54.5 Å².